The van der Waals surface area contributed by atoms with Gasteiger partial charge in [-0.15, -0.1) is 0 Å². The Morgan fingerprint density at radius 2 is 1.04 bits per heavy atom. The summed E-state index contributed by atoms with van der Waals surface area (Å²) in [5.74, 6) is 2.03. The summed E-state index contributed by atoms with van der Waals surface area (Å²) in [7, 11) is 0. The van der Waals surface area contributed by atoms with Gasteiger partial charge in [0, 0.05) is 21.5 Å². The minimum absolute atomic E-state index is 0.753. The minimum Gasteiger partial charge on any atom is -0.492 e. The topological polar surface area (TPSA) is 18.5 Å². The Morgan fingerprint density at radius 3 is 1.39 bits per heavy atom. The van der Waals surface area contributed by atoms with Crippen LogP contribution in [0, 0.1) is 0 Å². The molecule has 28 heavy (non-hydrogen) atoms. The van der Waals surface area contributed by atoms with Gasteiger partial charge in [0.1, 0.15) is 11.5 Å². The third kappa shape index (κ3) is 4.11. The summed E-state index contributed by atoms with van der Waals surface area (Å²) in [4.78, 5) is 0. The Hall–Kier alpha value is -2.22. The molecule has 3 rings (SSSR count). The summed E-state index contributed by atoms with van der Waals surface area (Å²) in [6.07, 6.45) is 6.47. The average Bonchev–Trinajstić information content (AvgIpc) is 2.74. The molecular formula is C26H34O2. The predicted octanol–water partition coefficient (Wildman–Crippen LogP) is 7.48. The SMILES string of the molecule is CCCCOc1c2ccccc2c(OCCCC)c2cc(CC)c(CC)cc12. The number of fused-ring (bicyclic) bond motifs is 2. The van der Waals surface area contributed by atoms with E-state index in [-0.39, 0.29) is 0 Å². The molecule has 0 radical (unpaired) electrons. The summed E-state index contributed by atoms with van der Waals surface area (Å²) in [5.41, 5.74) is 2.82. The van der Waals surface area contributed by atoms with E-state index in [9.17, 15) is 0 Å². The van der Waals surface area contributed by atoms with Gasteiger partial charge in [-0.3, -0.25) is 0 Å². The Kier molecular flexibility index (Phi) is 7.19. The van der Waals surface area contributed by atoms with E-state index in [1.165, 1.54) is 21.9 Å². The molecule has 3 aromatic rings. The second-order valence-corrected chi connectivity index (χ2v) is 7.48. The number of aryl methyl sites for hydroxylation is 2. The first kappa shape index (κ1) is 20.5. The Labute approximate surface area is 169 Å². The molecule has 0 aliphatic rings. The molecule has 3 aromatic carbocycles. The maximum absolute atomic E-state index is 6.37. The number of ether oxygens (including phenoxy) is 2. The van der Waals surface area contributed by atoms with Gasteiger partial charge >= 0.3 is 0 Å². The van der Waals surface area contributed by atoms with Crippen LogP contribution in [-0.2, 0) is 12.8 Å². The zero-order valence-corrected chi connectivity index (χ0v) is 17.9. The molecule has 0 aliphatic carbocycles. The maximum Gasteiger partial charge on any atom is 0.135 e. The zero-order valence-electron chi connectivity index (χ0n) is 17.9. The maximum atomic E-state index is 6.37. The Balaban J connectivity index is 2.29. The third-order valence-corrected chi connectivity index (χ3v) is 5.50. The first-order chi connectivity index (χ1) is 13.7. The lowest BCUT2D eigenvalue weighted by molar-refractivity contribution is 0.311. The fourth-order valence-corrected chi connectivity index (χ4v) is 3.84. The van der Waals surface area contributed by atoms with Gasteiger partial charge in [-0.25, -0.2) is 0 Å². The molecule has 0 unspecified atom stereocenters. The van der Waals surface area contributed by atoms with E-state index < -0.39 is 0 Å². The fraction of sp³-hybridized carbons (Fsp3) is 0.462. The van der Waals surface area contributed by atoms with Crippen LogP contribution in [0.1, 0.15) is 64.5 Å². The molecule has 0 atom stereocenters. The van der Waals surface area contributed by atoms with E-state index in [0.29, 0.717) is 0 Å². The molecule has 150 valence electrons. The van der Waals surface area contributed by atoms with Crippen molar-refractivity contribution < 1.29 is 9.47 Å². The molecule has 0 heterocycles. The monoisotopic (exact) mass is 378 g/mol. The molecule has 0 bridgehead atoms. The molecule has 2 heteroatoms. The van der Waals surface area contributed by atoms with Crippen molar-refractivity contribution in [1.82, 2.24) is 0 Å². The lowest BCUT2D eigenvalue weighted by atomic mass is 9.93. The molecule has 0 amide bonds. The number of unbranched alkanes of at least 4 members (excludes halogenated alkanes) is 2. The fourth-order valence-electron chi connectivity index (χ4n) is 3.84. The largest absolute Gasteiger partial charge is 0.492 e. The highest BCUT2D eigenvalue weighted by atomic mass is 16.5. The highest BCUT2D eigenvalue weighted by Gasteiger charge is 2.18. The third-order valence-electron chi connectivity index (χ3n) is 5.50. The van der Waals surface area contributed by atoms with Crippen molar-refractivity contribution in [3.8, 4) is 11.5 Å². The van der Waals surface area contributed by atoms with Gasteiger partial charge in [0.05, 0.1) is 13.2 Å². The van der Waals surface area contributed by atoms with Crippen molar-refractivity contribution in [3.05, 3.63) is 47.5 Å². The minimum atomic E-state index is 0.753. The second-order valence-electron chi connectivity index (χ2n) is 7.48. The van der Waals surface area contributed by atoms with Gasteiger partial charge in [0.15, 0.2) is 0 Å². The highest BCUT2D eigenvalue weighted by molar-refractivity contribution is 6.11. The van der Waals surface area contributed by atoms with Gasteiger partial charge in [-0.05, 0) is 48.9 Å². The normalized spacial score (nSPS) is 11.3. The molecular weight excluding hydrogens is 344 g/mol. The Bertz CT molecular complexity index is 851. The number of hydrogen-bond donors (Lipinski definition) is 0. The summed E-state index contributed by atoms with van der Waals surface area (Å²) >= 11 is 0. The quantitative estimate of drug-likeness (QED) is 0.269. The number of hydrogen-bond acceptors (Lipinski definition) is 2. The Morgan fingerprint density at radius 1 is 0.607 bits per heavy atom. The first-order valence-electron chi connectivity index (χ1n) is 11.0. The molecule has 0 spiro atoms. The highest BCUT2D eigenvalue weighted by Crippen LogP contribution is 2.44. The van der Waals surface area contributed by atoms with Crippen LogP contribution in [0.15, 0.2) is 36.4 Å². The molecule has 0 aromatic heterocycles. The van der Waals surface area contributed by atoms with E-state index in [0.717, 1.165) is 74.0 Å². The number of benzene rings is 3. The smallest absolute Gasteiger partial charge is 0.135 e. The van der Waals surface area contributed by atoms with Crippen LogP contribution in [0.3, 0.4) is 0 Å². The van der Waals surface area contributed by atoms with E-state index in [1.807, 2.05) is 0 Å². The lowest BCUT2D eigenvalue weighted by Crippen LogP contribution is -2.03. The summed E-state index contributed by atoms with van der Waals surface area (Å²) in [6.45, 7) is 10.4. The van der Waals surface area contributed by atoms with Gasteiger partial charge < -0.3 is 9.47 Å². The average molecular weight is 379 g/mol. The van der Waals surface area contributed by atoms with Crippen LogP contribution in [0.5, 0.6) is 11.5 Å². The van der Waals surface area contributed by atoms with E-state index in [4.69, 9.17) is 9.47 Å². The number of rotatable bonds is 10. The summed E-state index contributed by atoms with van der Waals surface area (Å²) in [6, 6.07) is 13.2. The standard InChI is InChI=1S/C26H34O2/c1-5-9-15-27-25-21-13-11-12-14-22(21)26(28-16-10-6-2)24-18-20(8-4)19(7-3)17-23(24)25/h11-14,17-18H,5-10,15-16H2,1-4H3. The van der Waals surface area contributed by atoms with Gasteiger partial charge in [0.2, 0.25) is 0 Å². The van der Waals surface area contributed by atoms with E-state index >= 15 is 0 Å². The van der Waals surface area contributed by atoms with Crippen molar-refractivity contribution in [2.45, 2.75) is 66.2 Å². The molecule has 0 N–H and O–H groups in total. The van der Waals surface area contributed by atoms with Gasteiger partial charge in [-0.1, -0.05) is 64.8 Å². The molecule has 2 nitrogen and oxygen atoms in total. The van der Waals surface area contributed by atoms with Crippen molar-refractivity contribution in [2.24, 2.45) is 0 Å². The van der Waals surface area contributed by atoms with Crippen molar-refractivity contribution in [1.29, 1.82) is 0 Å². The van der Waals surface area contributed by atoms with Crippen molar-refractivity contribution in [2.75, 3.05) is 13.2 Å². The molecule has 0 aliphatic heterocycles. The van der Waals surface area contributed by atoms with Crippen molar-refractivity contribution >= 4 is 21.5 Å². The lowest BCUT2D eigenvalue weighted by Gasteiger charge is -2.20. The van der Waals surface area contributed by atoms with Crippen LogP contribution < -0.4 is 9.47 Å². The van der Waals surface area contributed by atoms with Crippen LogP contribution in [0.4, 0.5) is 0 Å². The summed E-state index contributed by atoms with van der Waals surface area (Å²) in [5, 5.41) is 4.69. The molecule has 0 saturated carbocycles. The van der Waals surface area contributed by atoms with Crippen LogP contribution in [-0.4, -0.2) is 13.2 Å². The zero-order chi connectivity index (χ0) is 19.9. The molecule has 0 saturated heterocycles. The first-order valence-corrected chi connectivity index (χ1v) is 11.0. The van der Waals surface area contributed by atoms with Gasteiger partial charge in [0.25, 0.3) is 0 Å². The van der Waals surface area contributed by atoms with Crippen LogP contribution >= 0.6 is 0 Å². The summed E-state index contributed by atoms with van der Waals surface area (Å²) < 4.78 is 12.7. The predicted molar refractivity (Wildman–Crippen MR) is 121 cm³/mol. The second kappa shape index (κ2) is 9.82. The van der Waals surface area contributed by atoms with Crippen molar-refractivity contribution in [3.63, 3.8) is 0 Å². The van der Waals surface area contributed by atoms with Gasteiger partial charge in [-0.2, -0.15) is 0 Å². The molecule has 0 fully saturated rings. The van der Waals surface area contributed by atoms with E-state index in [2.05, 4.69) is 64.1 Å². The van der Waals surface area contributed by atoms with E-state index in [1.54, 1.807) is 0 Å². The van der Waals surface area contributed by atoms with Crippen LogP contribution in [0.2, 0.25) is 0 Å². The van der Waals surface area contributed by atoms with Crippen LogP contribution in [0.25, 0.3) is 21.5 Å².